The number of rotatable bonds is 11. The number of carbonyl (C=O) groups is 4. The molecule has 1 aliphatic rings. The van der Waals surface area contributed by atoms with Crippen molar-refractivity contribution in [1.29, 1.82) is 5.41 Å². The van der Waals surface area contributed by atoms with E-state index in [0.717, 1.165) is 4.47 Å². The van der Waals surface area contributed by atoms with Gasteiger partial charge < -0.3 is 26.6 Å². The fourth-order valence-electron chi connectivity index (χ4n) is 3.70. The molecule has 1 aromatic carbocycles. The van der Waals surface area contributed by atoms with Crippen LogP contribution in [0.2, 0.25) is 0 Å². The van der Waals surface area contributed by atoms with Gasteiger partial charge in [-0.25, -0.2) is 4.39 Å². The van der Waals surface area contributed by atoms with Crippen molar-refractivity contribution < 1.29 is 23.6 Å². The van der Waals surface area contributed by atoms with Crippen molar-refractivity contribution in [2.24, 2.45) is 5.73 Å². The molecule has 0 bridgehead atoms. The first-order valence-electron chi connectivity index (χ1n) is 11.0. The first-order chi connectivity index (χ1) is 16.1. The minimum absolute atomic E-state index is 0.162. The number of halogens is 2. The molecule has 3 amide bonds. The van der Waals surface area contributed by atoms with E-state index in [0.29, 0.717) is 37.9 Å². The average molecular weight is 541 g/mol. The lowest BCUT2D eigenvalue weighted by atomic mass is 10.1. The molecule has 6 N–H and O–H groups in total. The van der Waals surface area contributed by atoms with Gasteiger partial charge in [0.25, 0.3) is 5.91 Å². The summed E-state index contributed by atoms with van der Waals surface area (Å²) in [6.45, 7) is 0.950. The second-order valence-electron chi connectivity index (χ2n) is 8.04. The van der Waals surface area contributed by atoms with Crippen molar-refractivity contribution >= 4 is 45.4 Å². The maximum atomic E-state index is 13.0. The standard InChI is InChI=1S/C22H30BrFN6O4/c1-13(28-19(32)14-6-8-15(23)9-7-14)21(34)30-11-3-5-17(30)20(33)29-16(18(31)12-24)4-2-10-27-22(25)26/h6-9,13,16-17H,2-5,10-12H2,1H3,(H,28,32)(H,29,33)(H4,25,26,27)/t13-,16+,17?/m0/s1. The molecule has 1 unspecified atom stereocenters. The van der Waals surface area contributed by atoms with Crippen LogP contribution >= 0.6 is 15.9 Å². The first-order valence-corrected chi connectivity index (χ1v) is 11.8. The van der Waals surface area contributed by atoms with Crippen molar-refractivity contribution in [2.75, 3.05) is 19.8 Å². The quantitative estimate of drug-likeness (QED) is 0.159. The fraction of sp³-hybridized carbons (Fsp3) is 0.500. The third-order valence-electron chi connectivity index (χ3n) is 5.48. The summed E-state index contributed by atoms with van der Waals surface area (Å²) in [4.78, 5) is 51.7. The van der Waals surface area contributed by atoms with E-state index in [1.165, 1.54) is 4.90 Å². The van der Waals surface area contributed by atoms with Crippen LogP contribution in [0.25, 0.3) is 0 Å². The molecule has 0 radical (unpaired) electrons. The number of likely N-dealkylation sites (tertiary alicyclic amines) is 1. The minimum atomic E-state index is -1.22. The molecule has 0 aromatic heterocycles. The molecule has 0 aliphatic carbocycles. The number of ketones is 1. The predicted octanol–water partition coefficient (Wildman–Crippen LogP) is 0.845. The maximum absolute atomic E-state index is 13.0. The summed E-state index contributed by atoms with van der Waals surface area (Å²) in [7, 11) is 0. The van der Waals surface area contributed by atoms with E-state index in [-0.39, 0.29) is 12.4 Å². The third-order valence-corrected chi connectivity index (χ3v) is 6.01. The van der Waals surface area contributed by atoms with Crippen LogP contribution in [0.5, 0.6) is 0 Å². The van der Waals surface area contributed by atoms with Crippen LogP contribution in [0, 0.1) is 5.41 Å². The summed E-state index contributed by atoms with van der Waals surface area (Å²) in [5.41, 5.74) is 5.60. The molecule has 12 heteroatoms. The summed E-state index contributed by atoms with van der Waals surface area (Å²) in [6.07, 6.45) is 1.52. The molecule has 34 heavy (non-hydrogen) atoms. The number of amides is 3. The number of guanidine groups is 1. The highest BCUT2D eigenvalue weighted by Crippen LogP contribution is 2.19. The van der Waals surface area contributed by atoms with E-state index in [4.69, 9.17) is 11.1 Å². The molecule has 186 valence electrons. The first kappa shape index (κ1) is 27.2. The molecule has 1 saturated heterocycles. The van der Waals surface area contributed by atoms with Crippen molar-refractivity contribution in [2.45, 2.75) is 50.7 Å². The van der Waals surface area contributed by atoms with Crippen LogP contribution in [-0.4, -0.2) is 72.3 Å². The van der Waals surface area contributed by atoms with Gasteiger partial charge in [0.15, 0.2) is 11.7 Å². The monoisotopic (exact) mass is 540 g/mol. The summed E-state index contributed by atoms with van der Waals surface area (Å²) in [5.74, 6) is -2.35. The number of benzene rings is 1. The molecule has 2 rings (SSSR count). The Bertz CT molecular complexity index is 913. The predicted molar refractivity (Wildman–Crippen MR) is 128 cm³/mol. The van der Waals surface area contributed by atoms with Crippen LogP contribution in [0.1, 0.15) is 43.0 Å². The normalized spacial score (nSPS) is 16.9. The van der Waals surface area contributed by atoms with Crippen molar-refractivity contribution in [1.82, 2.24) is 20.9 Å². The molecular weight excluding hydrogens is 511 g/mol. The smallest absolute Gasteiger partial charge is 0.251 e. The van der Waals surface area contributed by atoms with E-state index in [2.05, 4.69) is 31.9 Å². The Balaban J connectivity index is 1.98. The Hall–Kier alpha value is -3.02. The topological polar surface area (TPSA) is 157 Å². The van der Waals surface area contributed by atoms with Crippen LogP contribution in [0.3, 0.4) is 0 Å². The molecule has 1 fully saturated rings. The number of nitrogens with one attached hydrogen (secondary N) is 4. The molecule has 1 aliphatic heterocycles. The van der Waals surface area contributed by atoms with Crippen LogP contribution in [-0.2, 0) is 14.4 Å². The lowest BCUT2D eigenvalue weighted by molar-refractivity contribution is -0.140. The van der Waals surface area contributed by atoms with Crippen molar-refractivity contribution in [3.8, 4) is 0 Å². The van der Waals surface area contributed by atoms with E-state index >= 15 is 0 Å². The highest BCUT2D eigenvalue weighted by atomic mass is 79.9. The zero-order chi connectivity index (χ0) is 25.3. The van der Waals surface area contributed by atoms with E-state index in [1.807, 2.05) is 0 Å². The number of Topliss-reactive ketones (excluding diaryl/α,β-unsaturated/α-hetero) is 1. The number of nitrogens with two attached hydrogens (primary N) is 1. The highest BCUT2D eigenvalue weighted by molar-refractivity contribution is 9.10. The Morgan fingerprint density at radius 1 is 1.24 bits per heavy atom. The van der Waals surface area contributed by atoms with E-state index < -0.39 is 48.3 Å². The van der Waals surface area contributed by atoms with Gasteiger partial charge in [-0.2, -0.15) is 0 Å². The lowest BCUT2D eigenvalue weighted by Gasteiger charge is -2.28. The number of hydrogen-bond acceptors (Lipinski definition) is 5. The van der Waals surface area contributed by atoms with Crippen LogP contribution in [0.15, 0.2) is 28.7 Å². The van der Waals surface area contributed by atoms with E-state index in [9.17, 15) is 23.6 Å². The molecule has 3 atom stereocenters. The Labute approximate surface area is 205 Å². The SMILES string of the molecule is C[C@H](NC(=O)c1ccc(Br)cc1)C(=O)N1CCCC1C(=O)N[C@H](CCCNC(=N)N)C(=O)CF. The maximum Gasteiger partial charge on any atom is 0.251 e. The Kier molecular flexibility index (Phi) is 10.4. The highest BCUT2D eigenvalue weighted by Gasteiger charge is 2.37. The van der Waals surface area contributed by atoms with Gasteiger partial charge in [-0.15, -0.1) is 0 Å². The van der Waals surface area contributed by atoms with Gasteiger partial charge in [-0.3, -0.25) is 24.6 Å². The van der Waals surface area contributed by atoms with Gasteiger partial charge in [-0.1, -0.05) is 15.9 Å². The molecule has 0 saturated carbocycles. The third kappa shape index (κ3) is 7.79. The largest absolute Gasteiger partial charge is 0.370 e. The fourth-order valence-corrected chi connectivity index (χ4v) is 3.96. The zero-order valence-electron chi connectivity index (χ0n) is 18.9. The van der Waals surface area contributed by atoms with Gasteiger partial charge in [-0.05, 0) is 56.9 Å². The van der Waals surface area contributed by atoms with E-state index in [1.54, 1.807) is 31.2 Å². The van der Waals surface area contributed by atoms with Crippen molar-refractivity contribution in [3.05, 3.63) is 34.3 Å². The summed E-state index contributed by atoms with van der Waals surface area (Å²) >= 11 is 3.30. The Morgan fingerprint density at radius 2 is 1.91 bits per heavy atom. The molecule has 1 aromatic rings. The average Bonchev–Trinajstić information content (AvgIpc) is 3.30. The van der Waals surface area contributed by atoms with Gasteiger partial charge in [0.2, 0.25) is 11.8 Å². The van der Waals surface area contributed by atoms with Crippen LogP contribution < -0.4 is 21.7 Å². The minimum Gasteiger partial charge on any atom is -0.370 e. The molecule has 10 nitrogen and oxygen atoms in total. The Morgan fingerprint density at radius 3 is 2.53 bits per heavy atom. The second-order valence-corrected chi connectivity index (χ2v) is 8.95. The molecule has 1 heterocycles. The van der Waals surface area contributed by atoms with Gasteiger partial charge >= 0.3 is 0 Å². The zero-order valence-corrected chi connectivity index (χ0v) is 20.5. The van der Waals surface area contributed by atoms with Crippen LogP contribution in [0.4, 0.5) is 4.39 Å². The van der Waals surface area contributed by atoms with Gasteiger partial charge in [0.1, 0.15) is 18.8 Å². The van der Waals surface area contributed by atoms with Gasteiger partial charge in [0.05, 0.1) is 6.04 Å². The summed E-state index contributed by atoms with van der Waals surface area (Å²) < 4.78 is 13.8. The summed E-state index contributed by atoms with van der Waals surface area (Å²) in [5, 5.41) is 14.9. The molecule has 0 spiro atoms. The van der Waals surface area contributed by atoms with Gasteiger partial charge in [0, 0.05) is 23.1 Å². The summed E-state index contributed by atoms with van der Waals surface area (Å²) in [6, 6.07) is 3.95. The molecular formula is C22H30BrFN6O4. The number of nitrogens with zero attached hydrogens (tertiary/aromatic N) is 1. The number of carbonyl (C=O) groups excluding carboxylic acids is 4. The van der Waals surface area contributed by atoms with Crippen molar-refractivity contribution in [3.63, 3.8) is 0 Å². The second kappa shape index (κ2) is 13.0. The lowest BCUT2D eigenvalue weighted by Crippen LogP contribution is -2.54. The number of hydrogen-bond donors (Lipinski definition) is 5. The number of alkyl halides is 1.